The number of imide groups is 1. The van der Waals surface area contributed by atoms with Gasteiger partial charge in [-0.2, -0.15) is 0 Å². The van der Waals surface area contributed by atoms with Gasteiger partial charge in [-0.25, -0.2) is 4.79 Å². The second-order valence-electron chi connectivity index (χ2n) is 7.07. The highest BCUT2D eigenvalue weighted by Crippen LogP contribution is 2.04. The lowest BCUT2D eigenvalue weighted by molar-refractivity contribution is -0.895. The molecule has 0 bridgehead atoms. The number of quaternary nitrogens is 1. The van der Waals surface area contributed by atoms with Crippen molar-refractivity contribution in [2.24, 2.45) is 5.92 Å². The Bertz CT molecular complexity index is 610. The first-order valence-electron chi connectivity index (χ1n) is 9.21. The van der Waals surface area contributed by atoms with Gasteiger partial charge in [0.15, 0.2) is 6.54 Å². The predicted molar refractivity (Wildman–Crippen MR) is 98.9 cm³/mol. The van der Waals surface area contributed by atoms with E-state index in [2.05, 4.69) is 24.5 Å². The van der Waals surface area contributed by atoms with Gasteiger partial charge >= 0.3 is 6.03 Å². The monoisotopic (exact) mass is 361 g/mol. The van der Waals surface area contributed by atoms with Crippen LogP contribution in [0.4, 0.5) is 4.79 Å². The summed E-state index contributed by atoms with van der Waals surface area (Å²) in [4.78, 5) is 39.0. The second kappa shape index (κ2) is 9.91. The molecule has 0 radical (unpaired) electrons. The van der Waals surface area contributed by atoms with E-state index in [0.717, 1.165) is 11.3 Å². The minimum absolute atomic E-state index is 0.0265. The number of nitrogens with one attached hydrogen (secondary N) is 3. The highest BCUT2D eigenvalue weighted by Gasteiger charge is 2.26. The highest BCUT2D eigenvalue weighted by atomic mass is 16.2. The largest absolute Gasteiger partial charge is 0.338 e. The Hall–Kier alpha value is -2.41. The number of piperazine rings is 1. The van der Waals surface area contributed by atoms with Crippen LogP contribution in [0.15, 0.2) is 30.3 Å². The molecule has 1 saturated heterocycles. The van der Waals surface area contributed by atoms with Crippen molar-refractivity contribution >= 4 is 17.8 Å². The first-order chi connectivity index (χ1) is 12.5. The molecule has 3 N–H and O–H groups in total. The van der Waals surface area contributed by atoms with Gasteiger partial charge in [0, 0.05) is 12.1 Å². The fourth-order valence-electron chi connectivity index (χ4n) is 2.88. The van der Waals surface area contributed by atoms with Crippen molar-refractivity contribution in [1.82, 2.24) is 15.5 Å². The van der Waals surface area contributed by atoms with Gasteiger partial charge in [-0.3, -0.25) is 14.9 Å². The Morgan fingerprint density at radius 3 is 2.38 bits per heavy atom. The summed E-state index contributed by atoms with van der Waals surface area (Å²) >= 11 is 0. The number of carbonyl (C=O) groups excluding carboxylic acids is 3. The lowest BCUT2D eigenvalue weighted by Crippen LogP contribution is -3.15. The van der Waals surface area contributed by atoms with E-state index in [1.54, 1.807) is 0 Å². The molecule has 0 aromatic heterocycles. The number of benzene rings is 1. The zero-order chi connectivity index (χ0) is 18.9. The molecular weight excluding hydrogens is 332 g/mol. The first kappa shape index (κ1) is 19.9. The molecule has 0 unspecified atom stereocenters. The van der Waals surface area contributed by atoms with Gasteiger partial charge < -0.3 is 15.1 Å². The van der Waals surface area contributed by atoms with Crippen molar-refractivity contribution in [3.8, 4) is 0 Å². The number of hydrogen-bond donors (Lipinski definition) is 3. The molecule has 1 fully saturated rings. The van der Waals surface area contributed by atoms with Gasteiger partial charge in [0.2, 0.25) is 0 Å². The third-order valence-electron chi connectivity index (χ3n) is 4.45. The summed E-state index contributed by atoms with van der Waals surface area (Å²) in [6.07, 6.45) is 0.879. The van der Waals surface area contributed by atoms with Crippen LogP contribution in [0.1, 0.15) is 30.6 Å². The fraction of sp³-hybridized carbons (Fsp3) is 0.526. The number of urea groups is 1. The third kappa shape index (κ3) is 6.48. The van der Waals surface area contributed by atoms with Crippen LogP contribution in [0.25, 0.3) is 0 Å². The van der Waals surface area contributed by atoms with E-state index < -0.39 is 6.03 Å². The van der Waals surface area contributed by atoms with E-state index in [0.29, 0.717) is 44.2 Å². The minimum Gasteiger partial charge on any atom is -0.338 e. The zero-order valence-corrected chi connectivity index (χ0v) is 15.6. The van der Waals surface area contributed by atoms with E-state index in [9.17, 15) is 14.4 Å². The molecule has 26 heavy (non-hydrogen) atoms. The van der Waals surface area contributed by atoms with Crippen LogP contribution < -0.4 is 15.5 Å². The van der Waals surface area contributed by atoms with E-state index in [-0.39, 0.29) is 18.4 Å². The van der Waals surface area contributed by atoms with Crippen LogP contribution in [0.3, 0.4) is 0 Å². The Morgan fingerprint density at radius 2 is 1.77 bits per heavy atom. The van der Waals surface area contributed by atoms with Crippen molar-refractivity contribution in [3.05, 3.63) is 35.9 Å². The molecule has 0 atom stereocenters. The number of amides is 4. The Kier molecular flexibility index (Phi) is 7.59. The number of hydrogen-bond acceptors (Lipinski definition) is 3. The van der Waals surface area contributed by atoms with Crippen LogP contribution in [0, 0.1) is 5.92 Å². The number of nitrogens with zero attached hydrogens (tertiary/aromatic N) is 1. The Morgan fingerprint density at radius 1 is 1.12 bits per heavy atom. The van der Waals surface area contributed by atoms with Crippen molar-refractivity contribution in [2.75, 3.05) is 39.3 Å². The maximum Gasteiger partial charge on any atom is 0.321 e. The third-order valence-corrected chi connectivity index (χ3v) is 4.45. The van der Waals surface area contributed by atoms with Crippen molar-refractivity contribution < 1.29 is 19.3 Å². The summed E-state index contributed by atoms with van der Waals surface area (Å²) in [6.45, 7) is 7.57. The van der Waals surface area contributed by atoms with Crippen molar-refractivity contribution in [3.63, 3.8) is 0 Å². The van der Waals surface area contributed by atoms with Crippen LogP contribution in [-0.2, 0) is 4.79 Å². The van der Waals surface area contributed by atoms with Crippen LogP contribution in [0.2, 0.25) is 0 Å². The molecule has 0 spiro atoms. The topological polar surface area (TPSA) is 82.9 Å². The zero-order valence-electron chi connectivity index (χ0n) is 15.6. The quantitative estimate of drug-likeness (QED) is 0.662. The Labute approximate surface area is 154 Å². The van der Waals surface area contributed by atoms with Crippen LogP contribution in [-0.4, -0.2) is 62.0 Å². The molecule has 7 heteroatoms. The molecule has 0 saturated carbocycles. The van der Waals surface area contributed by atoms with E-state index in [4.69, 9.17) is 0 Å². The average molecular weight is 361 g/mol. The summed E-state index contributed by atoms with van der Waals surface area (Å²) in [5.41, 5.74) is 0.687. The molecule has 4 amide bonds. The fourth-order valence-corrected chi connectivity index (χ4v) is 2.88. The molecule has 1 aliphatic rings. The SMILES string of the molecule is CC(C)CCNC(=O)NC(=O)C[NH+]1CCN(C(=O)c2ccccc2)CC1. The van der Waals surface area contributed by atoms with Crippen molar-refractivity contribution in [2.45, 2.75) is 20.3 Å². The van der Waals surface area contributed by atoms with Crippen LogP contribution >= 0.6 is 0 Å². The molecule has 1 aromatic rings. The molecule has 142 valence electrons. The van der Waals surface area contributed by atoms with Gasteiger partial charge in [0.05, 0.1) is 26.2 Å². The Balaban J connectivity index is 1.69. The normalized spacial score (nSPS) is 15.0. The maximum absolute atomic E-state index is 12.4. The number of rotatable bonds is 6. The van der Waals surface area contributed by atoms with E-state index in [1.807, 2.05) is 35.2 Å². The van der Waals surface area contributed by atoms with Gasteiger partial charge in [-0.05, 0) is 24.5 Å². The van der Waals surface area contributed by atoms with E-state index in [1.165, 1.54) is 0 Å². The molecule has 2 rings (SSSR count). The maximum atomic E-state index is 12.4. The summed E-state index contributed by atoms with van der Waals surface area (Å²) in [6, 6.07) is 8.78. The highest BCUT2D eigenvalue weighted by molar-refractivity contribution is 5.95. The number of carbonyl (C=O) groups is 3. The van der Waals surface area contributed by atoms with Gasteiger partial charge in [-0.15, -0.1) is 0 Å². The molecular formula is C19H29N4O3+. The molecule has 1 heterocycles. The summed E-state index contributed by atoms with van der Waals surface area (Å²) in [7, 11) is 0. The molecule has 1 aromatic carbocycles. The lowest BCUT2D eigenvalue weighted by atomic mass is 10.1. The molecule has 1 aliphatic heterocycles. The smallest absolute Gasteiger partial charge is 0.321 e. The average Bonchev–Trinajstić information content (AvgIpc) is 2.62. The lowest BCUT2D eigenvalue weighted by Gasteiger charge is -2.31. The predicted octanol–water partition coefficient (Wildman–Crippen LogP) is -0.101. The van der Waals surface area contributed by atoms with Gasteiger partial charge in [0.25, 0.3) is 11.8 Å². The first-order valence-corrected chi connectivity index (χ1v) is 9.21. The summed E-state index contributed by atoms with van der Waals surface area (Å²) in [5.74, 6) is 0.244. The second-order valence-corrected chi connectivity index (χ2v) is 7.07. The van der Waals surface area contributed by atoms with Gasteiger partial charge in [0.1, 0.15) is 0 Å². The van der Waals surface area contributed by atoms with Crippen molar-refractivity contribution in [1.29, 1.82) is 0 Å². The summed E-state index contributed by atoms with van der Waals surface area (Å²) < 4.78 is 0. The molecule has 7 nitrogen and oxygen atoms in total. The molecule has 0 aliphatic carbocycles. The van der Waals surface area contributed by atoms with Gasteiger partial charge in [-0.1, -0.05) is 32.0 Å². The van der Waals surface area contributed by atoms with Crippen LogP contribution in [0.5, 0.6) is 0 Å². The standard InChI is InChI=1S/C19H28N4O3/c1-15(2)8-9-20-19(26)21-17(24)14-22-10-12-23(13-11-22)18(25)16-6-4-3-5-7-16/h3-7,15H,8-14H2,1-2H3,(H2,20,21,24,26)/p+1. The van der Waals surface area contributed by atoms with E-state index >= 15 is 0 Å². The summed E-state index contributed by atoms with van der Waals surface area (Å²) in [5, 5.41) is 5.06. The minimum atomic E-state index is -0.437.